The van der Waals surface area contributed by atoms with E-state index in [1.165, 1.54) is 0 Å². The molecule has 0 aliphatic carbocycles. The minimum atomic E-state index is -0.873. The SMILES string of the molecule is O=C(O)CC1COCCN1C(=O)C1CCSCC1. The van der Waals surface area contributed by atoms with Crippen LogP contribution in [0.1, 0.15) is 19.3 Å². The maximum Gasteiger partial charge on any atom is 0.305 e. The van der Waals surface area contributed by atoms with Crippen molar-refractivity contribution in [2.75, 3.05) is 31.3 Å². The number of amides is 1. The molecule has 0 spiro atoms. The van der Waals surface area contributed by atoms with Crippen LogP contribution in [0.5, 0.6) is 0 Å². The van der Waals surface area contributed by atoms with Gasteiger partial charge in [-0.1, -0.05) is 0 Å². The molecule has 2 aliphatic rings. The van der Waals surface area contributed by atoms with Crippen molar-refractivity contribution in [3.63, 3.8) is 0 Å². The van der Waals surface area contributed by atoms with E-state index < -0.39 is 5.97 Å². The third-order valence-corrected chi connectivity index (χ3v) is 4.54. The molecule has 2 fully saturated rings. The Morgan fingerprint density at radius 2 is 2.06 bits per heavy atom. The smallest absolute Gasteiger partial charge is 0.305 e. The van der Waals surface area contributed by atoms with Crippen molar-refractivity contribution in [1.82, 2.24) is 4.90 Å². The van der Waals surface area contributed by atoms with E-state index in [0.29, 0.717) is 19.8 Å². The molecule has 0 aromatic heterocycles. The molecule has 2 heterocycles. The molecule has 102 valence electrons. The highest BCUT2D eigenvalue weighted by Crippen LogP contribution is 2.26. The van der Waals surface area contributed by atoms with Crippen molar-refractivity contribution in [3.05, 3.63) is 0 Å². The zero-order chi connectivity index (χ0) is 13.0. The summed E-state index contributed by atoms with van der Waals surface area (Å²) < 4.78 is 5.29. The number of rotatable bonds is 3. The molecule has 18 heavy (non-hydrogen) atoms. The molecule has 0 aromatic rings. The molecule has 0 bridgehead atoms. The number of hydrogen-bond acceptors (Lipinski definition) is 4. The Kier molecular flexibility index (Phi) is 4.88. The van der Waals surface area contributed by atoms with Gasteiger partial charge in [-0.05, 0) is 24.3 Å². The van der Waals surface area contributed by atoms with Gasteiger partial charge in [-0.3, -0.25) is 9.59 Å². The first kappa shape index (κ1) is 13.7. The second kappa shape index (κ2) is 6.43. The predicted molar refractivity (Wildman–Crippen MR) is 68.6 cm³/mol. The fourth-order valence-electron chi connectivity index (χ4n) is 2.49. The van der Waals surface area contributed by atoms with Gasteiger partial charge in [0.05, 0.1) is 25.7 Å². The van der Waals surface area contributed by atoms with E-state index in [2.05, 4.69) is 0 Å². The molecule has 1 amide bonds. The van der Waals surface area contributed by atoms with Gasteiger partial charge in [0.25, 0.3) is 0 Å². The first-order valence-corrected chi connectivity index (χ1v) is 7.51. The first-order chi connectivity index (χ1) is 8.68. The summed E-state index contributed by atoms with van der Waals surface area (Å²) >= 11 is 1.88. The minimum absolute atomic E-state index is 0.0206. The van der Waals surface area contributed by atoms with Gasteiger partial charge in [0, 0.05) is 12.5 Å². The number of morpholine rings is 1. The number of carboxylic acid groups (broad SMARTS) is 1. The standard InChI is InChI=1S/C12H19NO4S/c14-11(15)7-10-8-17-4-3-13(10)12(16)9-1-5-18-6-2-9/h9-10H,1-8H2,(H,14,15). The number of carbonyl (C=O) groups is 2. The minimum Gasteiger partial charge on any atom is -0.481 e. The van der Waals surface area contributed by atoms with Crippen LogP contribution in [0.2, 0.25) is 0 Å². The van der Waals surface area contributed by atoms with Crippen molar-refractivity contribution in [3.8, 4) is 0 Å². The second-order valence-corrected chi connectivity index (χ2v) is 5.97. The molecule has 0 aromatic carbocycles. The van der Waals surface area contributed by atoms with Crippen molar-refractivity contribution in [1.29, 1.82) is 0 Å². The molecular weight excluding hydrogens is 254 g/mol. The lowest BCUT2D eigenvalue weighted by Crippen LogP contribution is -2.51. The van der Waals surface area contributed by atoms with Crippen LogP contribution >= 0.6 is 11.8 Å². The number of aliphatic carboxylic acids is 1. The molecule has 1 atom stereocenters. The van der Waals surface area contributed by atoms with Gasteiger partial charge >= 0.3 is 5.97 Å². The summed E-state index contributed by atoms with van der Waals surface area (Å²) in [7, 11) is 0. The second-order valence-electron chi connectivity index (χ2n) is 4.74. The highest BCUT2D eigenvalue weighted by atomic mass is 32.2. The largest absolute Gasteiger partial charge is 0.481 e. The zero-order valence-corrected chi connectivity index (χ0v) is 11.2. The van der Waals surface area contributed by atoms with Gasteiger partial charge in [-0.25, -0.2) is 0 Å². The molecule has 1 N–H and O–H groups in total. The average molecular weight is 273 g/mol. The lowest BCUT2D eigenvalue weighted by atomic mass is 9.99. The van der Waals surface area contributed by atoms with Crippen LogP contribution in [0, 0.1) is 5.92 Å². The van der Waals surface area contributed by atoms with Crippen LogP contribution in [0.3, 0.4) is 0 Å². The normalized spacial score (nSPS) is 26.0. The molecule has 2 aliphatic heterocycles. The van der Waals surface area contributed by atoms with Crippen LogP contribution in [0.15, 0.2) is 0 Å². The Labute approximate surface area is 111 Å². The van der Waals surface area contributed by atoms with Crippen molar-refractivity contribution >= 4 is 23.6 Å². The van der Waals surface area contributed by atoms with E-state index in [0.717, 1.165) is 24.3 Å². The number of ether oxygens (including phenoxy) is 1. The van der Waals surface area contributed by atoms with Gasteiger partial charge in [-0.15, -0.1) is 0 Å². The molecule has 2 rings (SSSR count). The Morgan fingerprint density at radius 3 is 2.72 bits per heavy atom. The van der Waals surface area contributed by atoms with Crippen LogP contribution in [0.25, 0.3) is 0 Å². The molecule has 5 nitrogen and oxygen atoms in total. The van der Waals surface area contributed by atoms with E-state index in [-0.39, 0.29) is 24.3 Å². The highest BCUT2D eigenvalue weighted by molar-refractivity contribution is 7.99. The number of carbonyl (C=O) groups excluding carboxylic acids is 1. The fraction of sp³-hybridized carbons (Fsp3) is 0.833. The van der Waals surface area contributed by atoms with E-state index in [1.54, 1.807) is 4.90 Å². The van der Waals surface area contributed by atoms with Crippen LogP contribution in [-0.4, -0.2) is 59.2 Å². The van der Waals surface area contributed by atoms with E-state index in [9.17, 15) is 9.59 Å². The Hall–Kier alpha value is -0.750. The Bertz CT molecular complexity index is 317. The summed E-state index contributed by atoms with van der Waals surface area (Å²) in [6.45, 7) is 1.39. The van der Waals surface area contributed by atoms with Crippen molar-refractivity contribution in [2.24, 2.45) is 5.92 Å². The topological polar surface area (TPSA) is 66.8 Å². The Morgan fingerprint density at radius 1 is 1.33 bits per heavy atom. The summed E-state index contributed by atoms with van der Waals surface area (Å²) in [5.74, 6) is 1.40. The predicted octanol–water partition coefficient (Wildman–Crippen LogP) is 0.832. The number of thioether (sulfide) groups is 1. The lowest BCUT2D eigenvalue weighted by molar-refractivity contribution is -0.149. The van der Waals surface area contributed by atoms with E-state index in [4.69, 9.17) is 9.84 Å². The quantitative estimate of drug-likeness (QED) is 0.825. The van der Waals surface area contributed by atoms with E-state index in [1.807, 2.05) is 11.8 Å². The molecule has 0 radical (unpaired) electrons. The molecule has 6 heteroatoms. The molecule has 1 unspecified atom stereocenters. The summed E-state index contributed by atoms with van der Waals surface area (Å²) in [6.07, 6.45) is 1.81. The van der Waals surface area contributed by atoms with Gasteiger partial charge < -0.3 is 14.7 Å². The number of carboxylic acids is 1. The van der Waals surface area contributed by atoms with Gasteiger partial charge in [0.15, 0.2) is 0 Å². The number of hydrogen-bond donors (Lipinski definition) is 1. The zero-order valence-electron chi connectivity index (χ0n) is 10.3. The third kappa shape index (κ3) is 3.38. The maximum atomic E-state index is 12.4. The monoisotopic (exact) mass is 273 g/mol. The van der Waals surface area contributed by atoms with Crippen LogP contribution in [0.4, 0.5) is 0 Å². The number of nitrogens with zero attached hydrogens (tertiary/aromatic N) is 1. The van der Waals surface area contributed by atoms with Crippen molar-refractivity contribution in [2.45, 2.75) is 25.3 Å². The summed E-state index contributed by atoms with van der Waals surface area (Å²) in [5.41, 5.74) is 0. The average Bonchev–Trinajstić information content (AvgIpc) is 2.39. The molecule has 2 saturated heterocycles. The highest BCUT2D eigenvalue weighted by Gasteiger charge is 2.33. The van der Waals surface area contributed by atoms with Crippen LogP contribution < -0.4 is 0 Å². The van der Waals surface area contributed by atoms with Gasteiger partial charge in [-0.2, -0.15) is 11.8 Å². The van der Waals surface area contributed by atoms with Crippen molar-refractivity contribution < 1.29 is 19.4 Å². The summed E-state index contributed by atoms with van der Waals surface area (Å²) in [6, 6.07) is -0.293. The molecule has 0 saturated carbocycles. The molecular formula is C12H19NO4S. The van der Waals surface area contributed by atoms with Crippen LogP contribution in [-0.2, 0) is 14.3 Å². The van der Waals surface area contributed by atoms with E-state index >= 15 is 0 Å². The summed E-state index contributed by atoms with van der Waals surface area (Å²) in [5, 5.41) is 8.88. The summed E-state index contributed by atoms with van der Waals surface area (Å²) in [4.78, 5) is 25.0. The lowest BCUT2D eigenvalue weighted by Gasteiger charge is -2.37. The fourth-order valence-corrected chi connectivity index (χ4v) is 3.60. The van der Waals surface area contributed by atoms with Gasteiger partial charge in [0.2, 0.25) is 5.91 Å². The third-order valence-electron chi connectivity index (χ3n) is 3.49. The Balaban J connectivity index is 1.98. The van der Waals surface area contributed by atoms with Gasteiger partial charge in [0.1, 0.15) is 0 Å². The first-order valence-electron chi connectivity index (χ1n) is 6.36. The maximum absolute atomic E-state index is 12.4.